The summed E-state index contributed by atoms with van der Waals surface area (Å²) in [4.78, 5) is 24.5. The second-order valence-corrected chi connectivity index (χ2v) is 4.68. The molecule has 2 rings (SSSR count). The van der Waals surface area contributed by atoms with E-state index in [4.69, 9.17) is 14.2 Å². The first-order valence-corrected chi connectivity index (χ1v) is 6.44. The van der Waals surface area contributed by atoms with Crippen LogP contribution in [0.15, 0.2) is 35.9 Å². The first kappa shape index (κ1) is 14.9. The minimum Gasteiger partial charge on any atom is -0.496 e. The van der Waals surface area contributed by atoms with Gasteiger partial charge >= 0.3 is 12.1 Å². The fraction of sp³-hybridized carbons (Fsp3) is 0.333. The minimum absolute atomic E-state index is 0.326. The van der Waals surface area contributed by atoms with Crippen LogP contribution in [0.3, 0.4) is 0 Å². The van der Waals surface area contributed by atoms with Crippen LogP contribution in [0.25, 0.3) is 0 Å². The van der Waals surface area contributed by atoms with Gasteiger partial charge in [-0.05, 0) is 13.0 Å². The molecular weight excluding hydrogens is 274 g/mol. The number of benzene rings is 1. The van der Waals surface area contributed by atoms with E-state index < -0.39 is 18.4 Å². The summed E-state index contributed by atoms with van der Waals surface area (Å²) < 4.78 is 15.2. The molecule has 0 radical (unpaired) electrons. The normalized spacial score (nSPS) is 17.0. The number of nitrogens with zero attached hydrogens (tertiary/aromatic N) is 1. The third kappa shape index (κ3) is 3.53. The number of esters is 1. The van der Waals surface area contributed by atoms with Crippen molar-refractivity contribution in [2.24, 2.45) is 0 Å². The zero-order valence-corrected chi connectivity index (χ0v) is 12.2. The van der Waals surface area contributed by atoms with E-state index in [9.17, 15) is 9.59 Å². The van der Waals surface area contributed by atoms with Crippen molar-refractivity contribution in [3.05, 3.63) is 41.5 Å². The summed E-state index contributed by atoms with van der Waals surface area (Å²) in [5.41, 5.74) is 1.29. The monoisotopic (exact) mass is 291 g/mol. The Hall–Kier alpha value is -2.50. The van der Waals surface area contributed by atoms with Gasteiger partial charge in [0, 0.05) is 24.3 Å². The molecule has 0 fully saturated rings. The second-order valence-electron chi connectivity index (χ2n) is 4.68. The molecule has 0 N–H and O–H groups in total. The highest BCUT2D eigenvalue weighted by atomic mass is 16.7. The van der Waals surface area contributed by atoms with Crippen molar-refractivity contribution in [2.45, 2.75) is 19.8 Å². The van der Waals surface area contributed by atoms with E-state index in [1.807, 2.05) is 24.3 Å². The zero-order chi connectivity index (χ0) is 15.4. The number of hydrogen-bond donors (Lipinski definition) is 0. The molecule has 0 spiro atoms. The molecule has 1 aliphatic rings. The summed E-state index contributed by atoms with van der Waals surface area (Å²) in [5.74, 6) is 0.223. The van der Waals surface area contributed by atoms with Crippen molar-refractivity contribution in [1.82, 2.24) is 4.90 Å². The highest BCUT2D eigenvalue weighted by Crippen LogP contribution is 2.20. The Morgan fingerprint density at radius 1 is 1.38 bits per heavy atom. The van der Waals surface area contributed by atoms with Gasteiger partial charge in [-0.3, -0.25) is 0 Å². The third-order valence-corrected chi connectivity index (χ3v) is 3.06. The van der Waals surface area contributed by atoms with Crippen LogP contribution < -0.4 is 4.74 Å². The van der Waals surface area contributed by atoms with Crippen LogP contribution in [0.2, 0.25) is 0 Å². The minimum atomic E-state index is -0.954. The first-order chi connectivity index (χ1) is 10.0. The number of methoxy groups -OCH3 is 1. The number of ether oxygens (including phenoxy) is 3. The van der Waals surface area contributed by atoms with Crippen LogP contribution in [0.5, 0.6) is 5.75 Å². The van der Waals surface area contributed by atoms with Gasteiger partial charge in [0.05, 0.1) is 13.7 Å². The highest BCUT2D eigenvalue weighted by molar-refractivity contribution is 5.90. The summed E-state index contributed by atoms with van der Waals surface area (Å²) in [6.07, 6.45) is -0.0632. The number of hydrogen-bond acceptors (Lipinski definition) is 5. The number of para-hydroxylation sites is 1. The van der Waals surface area contributed by atoms with E-state index >= 15 is 0 Å². The van der Waals surface area contributed by atoms with Crippen LogP contribution in [0.4, 0.5) is 4.79 Å². The first-order valence-electron chi connectivity index (χ1n) is 6.44. The van der Waals surface area contributed by atoms with Gasteiger partial charge in [0.15, 0.2) is 0 Å². The van der Waals surface area contributed by atoms with E-state index in [2.05, 4.69) is 0 Å². The second kappa shape index (κ2) is 6.30. The molecule has 1 aromatic carbocycles. The molecule has 112 valence electrons. The molecule has 0 aromatic heterocycles. The standard InChI is InChI=1S/C15H17NO5/c1-10-8-13(20-14(10)17)21-15(18)16(2)9-11-6-4-5-7-12(11)19-3/h4-8,13H,9H2,1-3H3. The van der Waals surface area contributed by atoms with Gasteiger partial charge in [0.1, 0.15) is 5.75 Å². The average Bonchev–Trinajstić information content (AvgIpc) is 2.77. The molecule has 1 aromatic rings. The van der Waals surface area contributed by atoms with Crippen LogP contribution in [0, 0.1) is 0 Å². The van der Waals surface area contributed by atoms with Gasteiger partial charge < -0.3 is 19.1 Å². The smallest absolute Gasteiger partial charge is 0.413 e. The summed E-state index contributed by atoms with van der Waals surface area (Å²) >= 11 is 0. The van der Waals surface area contributed by atoms with Crippen molar-refractivity contribution in [3.8, 4) is 5.75 Å². The van der Waals surface area contributed by atoms with Crippen molar-refractivity contribution >= 4 is 12.1 Å². The fourth-order valence-electron chi connectivity index (χ4n) is 1.91. The van der Waals surface area contributed by atoms with E-state index in [1.54, 1.807) is 21.1 Å². The van der Waals surface area contributed by atoms with E-state index in [0.29, 0.717) is 17.9 Å². The lowest BCUT2D eigenvalue weighted by Gasteiger charge is -2.20. The number of carbonyl (C=O) groups is 2. The van der Waals surface area contributed by atoms with Gasteiger partial charge in [-0.25, -0.2) is 9.59 Å². The summed E-state index contributed by atoms with van der Waals surface area (Å²) in [5, 5.41) is 0. The molecule has 0 saturated carbocycles. The van der Waals surface area contributed by atoms with Gasteiger partial charge in [-0.1, -0.05) is 18.2 Å². The molecule has 1 amide bonds. The SMILES string of the molecule is COc1ccccc1CN(C)C(=O)OC1C=C(C)C(=O)O1. The molecule has 0 bridgehead atoms. The average molecular weight is 291 g/mol. The molecule has 1 unspecified atom stereocenters. The molecule has 6 heteroatoms. The number of carbonyl (C=O) groups excluding carboxylic acids is 2. The van der Waals surface area contributed by atoms with Crippen molar-refractivity contribution in [3.63, 3.8) is 0 Å². The fourth-order valence-corrected chi connectivity index (χ4v) is 1.91. The lowest BCUT2D eigenvalue weighted by atomic mass is 10.2. The summed E-state index contributed by atoms with van der Waals surface area (Å²) in [7, 11) is 3.17. The highest BCUT2D eigenvalue weighted by Gasteiger charge is 2.26. The Kier molecular flexibility index (Phi) is 4.47. The molecule has 1 atom stereocenters. The Morgan fingerprint density at radius 2 is 2.10 bits per heavy atom. The van der Waals surface area contributed by atoms with Crippen molar-refractivity contribution in [2.75, 3.05) is 14.2 Å². The molecule has 0 saturated heterocycles. The van der Waals surface area contributed by atoms with Crippen LogP contribution in [-0.4, -0.2) is 37.4 Å². The molecule has 21 heavy (non-hydrogen) atoms. The van der Waals surface area contributed by atoms with E-state index in [1.165, 1.54) is 11.0 Å². The van der Waals surface area contributed by atoms with Gasteiger partial charge in [0.25, 0.3) is 6.29 Å². The molecule has 1 aliphatic heterocycles. The lowest BCUT2D eigenvalue weighted by Crippen LogP contribution is -2.30. The largest absolute Gasteiger partial charge is 0.496 e. The Balaban J connectivity index is 1.95. The maximum absolute atomic E-state index is 12.0. The number of cyclic esters (lactones) is 1. The Morgan fingerprint density at radius 3 is 2.71 bits per heavy atom. The van der Waals surface area contributed by atoms with Crippen LogP contribution >= 0.6 is 0 Å². The van der Waals surface area contributed by atoms with Gasteiger partial charge in [-0.2, -0.15) is 0 Å². The predicted octanol–water partition coefficient (Wildman–Crippen LogP) is 2.09. The summed E-state index contributed by atoms with van der Waals surface area (Å²) in [6, 6.07) is 7.40. The Labute approximate surface area is 122 Å². The Bertz CT molecular complexity index is 581. The molecule has 0 aliphatic carbocycles. The van der Waals surface area contributed by atoms with Crippen LogP contribution in [-0.2, 0) is 20.8 Å². The summed E-state index contributed by atoms with van der Waals surface area (Å²) in [6.45, 7) is 1.93. The number of rotatable bonds is 4. The molecule has 6 nitrogen and oxygen atoms in total. The topological polar surface area (TPSA) is 65.1 Å². The van der Waals surface area contributed by atoms with E-state index in [-0.39, 0.29) is 0 Å². The molecular formula is C15H17NO5. The lowest BCUT2D eigenvalue weighted by molar-refractivity contribution is -0.152. The van der Waals surface area contributed by atoms with Crippen LogP contribution in [0.1, 0.15) is 12.5 Å². The maximum atomic E-state index is 12.0. The van der Waals surface area contributed by atoms with Crippen molar-refractivity contribution < 1.29 is 23.8 Å². The number of amides is 1. The quantitative estimate of drug-likeness (QED) is 0.795. The molecule has 1 heterocycles. The van der Waals surface area contributed by atoms with Gasteiger partial charge in [0.2, 0.25) is 0 Å². The van der Waals surface area contributed by atoms with Crippen molar-refractivity contribution in [1.29, 1.82) is 0 Å². The zero-order valence-electron chi connectivity index (χ0n) is 12.2. The third-order valence-electron chi connectivity index (χ3n) is 3.06. The predicted molar refractivity (Wildman–Crippen MR) is 74.6 cm³/mol. The van der Waals surface area contributed by atoms with E-state index in [0.717, 1.165) is 5.56 Å². The van der Waals surface area contributed by atoms with Gasteiger partial charge in [-0.15, -0.1) is 0 Å². The maximum Gasteiger partial charge on any atom is 0.413 e.